The highest BCUT2D eigenvalue weighted by molar-refractivity contribution is 7.09. The van der Waals surface area contributed by atoms with Crippen LogP contribution in [-0.4, -0.2) is 42.5 Å². The molecule has 3 rings (SSSR count). The molecular formula is C19H29N5S2. The molecule has 0 saturated carbocycles. The number of hydrogen-bond acceptors (Lipinski definition) is 5. The smallest absolute Gasteiger partial charge is 0.191 e. The van der Waals surface area contributed by atoms with E-state index in [-0.39, 0.29) is 0 Å². The molecule has 0 aliphatic carbocycles. The van der Waals surface area contributed by atoms with Gasteiger partial charge in [0.2, 0.25) is 0 Å². The predicted molar refractivity (Wildman–Crippen MR) is 112 cm³/mol. The van der Waals surface area contributed by atoms with Gasteiger partial charge in [0.15, 0.2) is 5.96 Å². The Balaban J connectivity index is 1.35. The first-order chi connectivity index (χ1) is 12.8. The molecule has 26 heavy (non-hydrogen) atoms. The van der Waals surface area contributed by atoms with Crippen molar-refractivity contribution in [2.45, 2.75) is 39.3 Å². The Labute approximate surface area is 164 Å². The highest BCUT2D eigenvalue weighted by Crippen LogP contribution is 2.19. The van der Waals surface area contributed by atoms with Gasteiger partial charge < -0.3 is 10.6 Å². The van der Waals surface area contributed by atoms with E-state index in [2.05, 4.69) is 49.7 Å². The van der Waals surface area contributed by atoms with Crippen LogP contribution in [0.25, 0.3) is 0 Å². The standard InChI is InChI=1S/C19H29N5S2/c1-3-18-23-17(14-26-18)12-24-7-4-15(5-8-24)10-21-19(20-2)22-11-16-6-9-25-13-16/h6,9,13-15H,3-5,7-8,10-12H2,1-2H3,(H2,20,21,22). The predicted octanol–water partition coefficient (Wildman–Crippen LogP) is 3.34. The third-order valence-corrected chi connectivity index (χ3v) is 6.59. The molecule has 5 nitrogen and oxygen atoms in total. The van der Waals surface area contributed by atoms with Crippen molar-refractivity contribution >= 4 is 28.6 Å². The van der Waals surface area contributed by atoms with Crippen LogP contribution in [0.2, 0.25) is 0 Å². The molecule has 0 spiro atoms. The zero-order valence-corrected chi connectivity index (χ0v) is 17.3. The van der Waals surface area contributed by atoms with E-state index in [1.54, 1.807) is 22.7 Å². The van der Waals surface area contributed by atoms with E-state index in [0.717, 1.165) is 45.1 Å². The van der Waals surface area contributed by atoms with Crippen molar-refractivity contribution in [1.29, 1.82) is 0 Å². The van der Waals surface area contributed by atoms with Gasteiger partial charge in [0, 0.05) is 32.1 Å². The van der Waals surface area contributed by atoms with Crippen LogP contribution < -0.4 is 10.6 Å². The Kier molecular flexibility index (Phi) is 7.46. The summed E-state index contributed by atoms with van der Waals surface area (Å²) < 4.78 is 0. The van der Waals surface area contributed by atoms with Crippen LogP contribution in [0.1, 0.15) is 36.0 Å². The van der Waals surface area contributed by atoms with E-state index in [4.69, 9.17) is 4.98 Å². The van der Waals surface area contributed by atoms with Crippen molar-refractivity contribution in [3.05, 3.63) is 38.5 Å². The number of likely N-dealkylation sites (tertiary alicyclic amines) is 1. The van der Waals surface area contributed by atoms with Crippen molar-refractivity contribution < 1.29 is 0 Å². The maximum atomic E-state index is 4.70. The van der Waals surface area contributed by atoms with Crippen LogP contribution in [0.3, 0.4) is 0 Å². The molecule has 0 aromatic carbocycles. The van der Waals surface area contributed by atoms with Crippen LogP contribution in [0.5, 0.6) is 0 Å². The molecule has 142 valence electrons. The summed E-state index contributed by atoms with van der Waals surface area (Å²) >= 11 is 3.52. The summed E-state index contributed by atoms with van der Waals surface area (Å²) in [7, 11) is 1.84. The molecule has 2 aromatic heterocycles. The topological polar surface area (TPSA) is 52.6 Å². The maximum absolute atomic E-state index is 4.70. The fraction of sp³-hybridized carbons (Fsp3) is 0.579. The van der Waals surface area contributed by atoms with E-state index in [1.807, 2.05) is 7.05 Å². The number of rotatable bonds is 7. The number of piperidine rings is 1. The van der Waals surface area contributed by atoms with Gasteiger partial charge >= 0.3 is 0 Å². The second-order valence-electron chi connectivity index (χ2n) is 6.74. The van der Waals surface area contributed by atoms with Crippen LogP contribution in [0.15, 0.2) is 27.2 Å². The first-order valence-corrected chi connectivity index (χ1v) is 11.2. The van der Waals surface area contributed by atoms with Crippen LogP contribution in [-0.2, 0) is 19.5 Å². The molecule has 2 N–H and O–H groups in total. The third-order valence-electron chi connectivity index (χ3n) is 4.82. The quantitative estimate of drug-likeness (QED) is 0.561. The molecule has 0 unspecified atom stereocenters. The summed E-state index contributed by atoms with van der Waals surface area (Å²) in [5.41, 5.74) is 2.54. The highest BCUT2D eigenvalue weighted by Gasteiger charge is 2.20. The molecule has 0 atom stereocenters. The van der Waals surface area contributed by atoms with Gasteiger partial charge in [-0.25, -0.2) is 4.98 Å². The van der Waals surface area contributed by atoms with Gasteiger partial charge in [-0.2, -0.15) is 11.3 Å². The van der Waals surface area contributed by atoms with Gasteiger partial charge in [-0.15, -0.1) is 11.3 Å². The maximum Gasteiger partial charge on any atom is 0.191 e. The van der Waals surface area contributed by atoms with Crippen molar-refractivity contribution in [1.82, 2.24) is 20.5 Å². The molecule has 1 aliphatic rings. The fourth-order valence-electron chi connectivity index (χ4n) is 3.20. The molecule has 2 aromatic rings. The normalized spacial score (nSPS) is 16.8. The van der Waals surface area contributed by atoms with Gasteiger partial charge in [-0.1, -0.05) is 6.92 Å². The Bertz CT molecular complexity index is 672. The molecule has 7 heteroatoms. The van der Waals surface area contributed by atoms with Crippen LogP contribution in [0, 0.1) is 5.92 Å². The zero-order valence-electron chi connectivity index (χ0n) is 15.7. The number of aromatic nitrogens is 1. The molecule has 1 saturated heterocycles. The Morgan fingerprint density at radius 1 is 1.31 bits per heavy atom. The lowest BCUT2D eigenvalue weighted by molar-refractivity contribution is 0.176. The molecule has 0 bridgehead atoms. The third kappa shape index (κ3) is 5.79. The second-order valence-corrected chi connectivity index (χ2v) is 8.47. The second kappa shape index (κ2) is 10.0. The van der Waals surface area contributed by atoms with Crippen molar-refractivity contribution in [2.75, 3.05) is 26.7 Å². The number of thiophene rings is 1. The SMILES string of the molecule is CCc1nc(CN2CCC(CNC(=NC)NCc3ccsc3)CC2)cs1. The Hall–Kier alpha value is -1.44. The van der Waals surface area contributed by atoms with Gasteiger partial charge in [0.05, 0.1) is 10.7 Å². The minimum absolute atomic E-state index is 0.715. The van der Waals surface area contributed by atoms with E-state index >= 15 is 0 Å². The summed E-state index contributed by atoms with van der Waals surface area (Å²) in [6.07, 6.45) is 3.51. The molecule has 3 heterocycles. The first-order valence-electron chi connectivity index (χ1n) is 9.38. The molecule has 1 aliphatic heterocycles. The largest absolute Gasteiger partial charge is 0.356 e. The average Bonchev–Trinajstić information content (AvgIpc) is 3.35. The summed E-state index contributed by atoms with van der Waals surface area (Å²) in [5.74, 6) is 1.61. The fourth-order valence-corrected chi connectivity index (χ4v) is 4.61. The monoisotopic (exact) mass is 391 g/mol. The van der Waals surface area contributed by atoms with E-state index in [9.17, 15) is 0 Å². The molecule has 0 amide bonds. The van der Waals surface area contributed by atoms with Crippen molar-refractivity contribution in [2.24, 2.45) is 10.9 Å². The van der Waals surface area contributed by atoms with Gasteiger partial charge in [0.25, 0.3) is 0 Å². The Morgan fingerprint density at radius 3 is 2.81 bits per heavy atom. The number of hydrogen-bond donors (Lipinski definition) is 2. The molecule has 0 radical (unpaired) electrons. The molecular weight excluding hydrogens is 362 g/mol. The first kappa shape index (κ1) is 19.3. The Morgan fingerprint density at radius 2 is 2.15 bits per heavy atom. The van der Waals surface area contributed by atoms with Crippen molar-refractivity contribution in [3.63, 3.8) is 0 Å². The molecule has 1 fully saturated rings. The summed E-state index contributed by atoms with van der Waals surface area (Å²) in [6, 6.07) is 2.15. The van der Waals surface area contributed by atoms with E-state index < -0.39 is 0 Å². The van der Waals surface area contributed by atoms with Crippen LogP contribution >= 0.6 is 22.7 Å². The minimum atomic E-state index is 0.715. The number of nitrogens with zero attached hydrogens (tertiary/aromatic N) is 3. The van der Waals surface area contributed by atoms with E-state index in [1.165, 1.54) is 29.1 Å². The number of thiazole rings is 1. The number of nitrogens with one attached hydrogen (secondary N) is 2. The van der Waals surface area contributed by atoms with Gasteiger partial charge in [-0.3, -0.25) is 9.89 Å². The number of aliphatic imine (C=N–C) groups is 1. The van der Waals surface area contributed by atoms with Crippen LogP contribution in [0.4, 0.5) is 0 Å². The van der Waals surface area contributed by atoms with E-state index in [0.29, 0.717) is 5.92 Å². The lowest BCUT2D eigenvalue weighted by Crippen LogP contribution is -2.42. The lowest BCUT2D eigenvalue weighted by Gasteiger charge is -2.31. The number of guanidine groups is 1. The lowest BCUT2D eigenvalue weighted by atomic mass is 9.97. The number of aryl methyl sites for hydroxylation is 1. The van der Waals surface area contributed by atoms with Gasteiger partial charge in [0.1, 0.15) is 0 Å². The summed E-state index contributed by atoms with van der Waals surface area (Å²) in [5, 5.41) is 14.6. The highest BCUT2D eigenvalue weighted by atomic mass is 32.1. The minimum Gasteiger partial charge on any atom is -0.356 e. The van der Waals surface area contributed by atoms with Crippen molar-refractivity contribution in [3.8, 4) is 0 Å². The zero-order chi connectivity index (χ0) is 18.2. The average molecular weight is 392 g/mol. The summed E-state index contributed by atoms with van der Waals surface area (Å²) in [6.45, 7) is 7.31. The van der Waals surface area contributed by atoms with Gasteiger partial charge in [-0.05, 0) is 60.7 Å². The summed E-state index contributed by atoms with van der Waals surface area (Å²) in [4.78, 5) is 11.6.